The van der Waals surface area contributed by atoms with Crippen LogP contribution in [-0.2, 0) is 4.74 Å². The van der Waals surface area contributed by atoms with Crippen LogP contribution >= 0.6 is 11.3 Å². The second-order valence-electron chi connectivity index (χ2n) is 1.68. The van der Waals surface area contributed by atoms with Crippen LogP contribution in [0.4, 0.5) is 0 Å². The summed E-state index contributed by atoms with van der Waals surface area (Å²) in [6, 6.07) is 0. The minimum Gasteiger partial charge on any atom is -0.464 e. The first kappa shape index (κ1) is 7.87. The monoisotopic (exact) mass is 171 g/mol. The zero-order chi connectivity index (χ0) is 8.27. The summed E-state index contributed by atoms with van der Waals surface area (Å²) in [7, 11) is 1.27. The van der Waals surface area contributed by atoms with E-state index in [0.717, 1.165) is 11.3 Å². The molecule has 0 saturated carbocycles. The Hall–Kier alpha value is -1.23. The average molecular weight is 171 g/mol. The Kier molecular flexibility index (Phi) is 2.32. The molecule has 0 saturated heterocycles. The topological polar surface area (TPSA) is 56.3 Å². The summed E-state index contributed by atoms with van der Waals surface area (Å²) in [6.45, 7) is 0. The number of methoxy groups -OCH3 is 1. The van der Waals surface area contributed by atoms with E-state index in [4.69, 9.17) is 0 Å². The first-order valence-electron chi connectivity index (χ1n) is 2.77. The Morgan fingerprint density at radius 1 is 1.82 bits per heavy atom. The van der Waals surface area contributed by atoms with Crippen LogP contribution in [0.15, 0.2) is 5.38 Å². The molecule has 58 valence electrons. The quantitative estimate of drug-likeness (QED) is 0.486. The zero-order valence-electron chi connectivity index (χ0n) is 5.73. The van der Waals surface area contributed by atoms with Crippen molar-refractivity contribution < 1.29 is 14.3 Å². The van der Waals surface area contributed by atoms with E-state index in [2.05, 4.69) is 9.72 Å². The SMILES string of the molecule is COC(=O)c1csc(C=O)n1. The van der Waals surface area contributed by atoms with Crippen molar-refractivity contribution in [3.8, 4) is 0 Å². The molecule has 1 rings (SSSR count). The first-order valence-corrected chi connectivity index (χ1v) is 3.65. The van der Waals surface area contributed by atoms with E-state index < -0.39 is 5.97 Å². The fourth-order valence-corrected chi connectivity index (χ4v) is 1.13. The van der Waals surface area contributed by atoms with Gasteiger partial charge in [-0.3, -0.25) is 4.79 Å². The van der Waals surface area contributed by atoms with Gasteiger partial charge in [-0.2, -0.15) is 0 Å². The minimum absolute atomic E-state index is 0.180. The molecule has 0 aromatic carbocycles. The molecule has 0 aliphatic heterocycles. The second kappa shape index (κ2) is 3.25. The van der Waals surface area contributed by atoms with E-state index >= 15 is 0 Å². The summed E-state index contributed by atoms with van der Waals surface area (Å²) in [6.07, 6.45) is 0.594. The molecule has 5 heteroatoms. The molecule has 4 nitrogen and oxygen atoms in total. The van der Waals surface area contributed by atoms with E-state index in [-0.39, 0.29) is 10.7 Å². The number of aromatic nitrogens is 1. The maximum Gasteiger partial charge on any atom is 0.357 e. The highest BCUT2D eigenvalue weighted by Crippen LogP contribution is 2.07. The van der Waals surface area contributed by atoms with Crippen molar-refractivity contribution in [3.05, 3.63) is 16.1 Å². The van der Waals surface area contributed by atoms with Crippen LogP contribution in [0.25, 0.3) is 0 Å². The van der Waals surface area contributed by atoms with Crippen molar-refractivity contribution in [2.24, 2.45) is 0 Å². The Labute approximate surface area is 66.8 Å². The molecule has 0 aliphatic rings. The van der Waals surface area contributed by atoms with Gasteiger partial charge in [0.15, 0.2) is 17.0 Å². The number of ether oxygens (including phenoxy) is 1. The van der Waals surface area contributed by atoms with Crippen LogP contribution in [0.3, 0.4) is 0 Å². The number of nitrogens with zero attached hydrogens (tertiary/aromatic N) is 1. The lowest BCUT2D eigenvalue weighted by molar-refractivity contribution is 0.0595. The number of carbonyl (C=O) groups is 2. The summed E-state index contributed by atoms with van der Waals surface area (Å²) in [4.78, 5) is 24.6. The highest BCUT2D eigenvalue weighted by atomic mass is 32.1. The van der Waals surface area contributed by atoms with Crippen molar-refractivity contribution in [2.45, 2.75) is 0 Å². The molecular formula is C6H5NO3S. The molecule has 1 aromatic heterocycles. The van der Waals surface area contributed by atoms with E-state index in [1.807, 2.05) is 0 Å². The zero-order valence-corrected chi connectivity index (χ0v) is 6.55. The number of esters is 1. The smallest absolute Gasteiger partial charge is 0.357 e. The molecular weight excluding hydrogens is 166 g/mol. The number of rotatable bonds is 2. The van der Waals surface area contributed by atoms with Crippen LogP contribution < -0.4 is 0 Å². The molecule has 0 bridgehead atoms. The summed E-state index contributed by atoms with van der Waals surface area (Å²) in [5, 5.41) is 1.76. The van der Waals surface area contributed by atoms with E-state index in [1.54, 1.807) is 0 Å². The van der Waals surface area contributed by atoms with Gasteiger partial charge in [-0.05, 0) is 0 Å². The first-order chi connectivity index (χ1) is 5.27. The van der Waals surface area contributed by atoms with Crippen LogP contribution in [0.5, 0.6) is 0 Å². The molecule has 0 N–H and O–H groups in total. The van der Waals surface area contributed by atoms with Gasteiger partial charge in [0.2, 0.25) is 0 Å². The molecule has 0 spiro atoms. The highest BCUT2D eigenvalue weighted by Gasteiger charge is 2.09. The molecule has 0 radical (unpaired) electrons. The van der Waals surface area contributed by atoms with E-state index in [0.29, 0.717) is 6.29 Å². The lowest BCUT2D eigenvalue weighted by atomic mass is 10.5. The van der Waals surface area contributed by atoms with Gasteiger partial charge in [-0.15, -0.1) is 11.3 Å². The predicted octanol–water partition coefficient (Wildman–Crippen LogP) is 0.742. The molecule has 0 amide bonds. The lowest BCUT2D eigenvalue weighted by Gasteiger charge is -1.89. The van der Waals surface area contributed by atoms with Gasteiger partial charge in [0.1, 0.15) is 0 Å². The standard InChI is InChI=1S/C6H5NO3S/c1-10-6(9)4-3-11-5(2-8)7-4/h2-3H,1H3. The van der Waals surface area contributed by atoms with Crippen molar-refractivity contribution in [3.63, 3.8) is 0 Å². The Morgan fingerprint density at radius 3 is 3.00 bits per heavy atom. The predicted molar refractivity (Wildman–Crippen MR) is 38.8 cm³/mol. The van der Waals surface area contributed by atoms with Gasteiger partial charge in [0, 0.05) is 5.38 Å². The fourth-order valence-electron chi connectivity index (χ4n) is 0.540. The van der Waals surface area contributed by atoms with Gasteiger partial charge < -0.3 is 4.74 Å². The molecule has 0 aliphatic carbocycles. The van der Waals surface area contributed by atoms with Gasteiger partial charge in [0.05, 0.1) is 7.11 Å². The number of carbonyl (C=O) groups excluding carboxylic acids is 2. The second-order valence-corrected chi connectivity index (χ2v) is 2.57. The summed E-state index contributed by atoms with van der Waals surface area (Å²) in [5.41, 5.74) is 0.180. The summed E-state index contributed by atoms with van der Waals surface area (Å²) in [5.74, 6) is -0.519. The lowest BCUT2D eigenvalue weighted by Crippen LogP contribution is -2.01. The fraction of sp³-hybridized carbons (Fsp3) is 0.167. The summed E-state index contributed by atoms with van der Waals surface area (Å²) >= 11 is 1.11. The largest absolute Gasteiger partial charge is 0.464 e. The van der Waals surface area contributed by atoms with Crippen molar-refractivity contribution >= 4 is 23.6 Å². The van der Waals surface area contributed by atoms with Crippen LogP contribution in [0.2, 0.25) is 0 Å². The molecule has 0 atom stereocenters. The van der Waals surface area contributed by atoms with Crippen molar-refractivity contribution in [1.29, 1.82) is 0 Å². The third-order valence-electron chi connectivity index (χ3n) is 1.02. The van der Waals surface area contributed by atoms with E-state index in [9.17, 15) is 9.59 Å². The third-order valence-corrected chi connectivity index (χ3v) is 1.79. The van der Waals surface area contributed by atoms with Crippen molar-refractivity contribution in [2.75, 3.05) is 7.11 Å². The molecule has 1 heterocycles. The highest BCUT2D eigenvalue weighted by molar-refractivity contribution is 7.11. The number of hydrogen-bond acceptors (Lipinski definition) is 5. The number of aldehydes is 1. The van der Waals surface area contributed by atoms with E-state index in [1.165, 1.54) is 12.5 Å². The molecule has 0 fully saturated rings. The number of thiazole rings is 1. The van der Waals surface area contributed by atoms with Gasteiger partial charge >= 0.3 is 5.97 Å². The van der Waals surface area contributed by atoms with Gasteiger partial charge in [0.25, 0.3) is 0 Å². The van der Waals surface area contributed by atoms with Gasteiger partial charge in [-0.1, -0.05) is 0 Å². The molecule has 0 unspecified atom stereocenters. The number of hydrogen-bond donors (Lipinski definition) is 0. The van der Waals surface area contributed by atoms with Gasteiger partial charge in [-0.25, -0.2) is 9.78 Å². The van der Waals surface area contributed by atoms with Crippen LogP contribution in [-0.4, -0.2) is 24.3 Å². The molecule has 11 heavy (non-hydrogen) atoms. The maximum atomic E-state index is 10.7. The third kappa shape index (κ3) is 1.62. The normalized spacial score (nSPS) is 9.18. The summed E-state index contributed by atoms with van der Waals surface area (Å²) < 4.78 is 4.38. The molecule has 1 aromatic rings. The Bertz CT molecular complexity index is 281. The minimum atomic E-state index is -0.519. The van der Waals surface area contributed by atoms with Crippen LogP contribution in [0, 0.1) is 0 Å². The Morgan fingerprint density at radius 2 is 2.55 bits per heavy atom. The van der Waals surface area contributed by atoms with Crippen molar-refractivity contribution in [1.82, 2.24) is 4.98 Å². The maximum absolute atomic E-state index is 10.7. The van der Waals surface area contributed by atoms with Crippen LogP contribution in [0.1, 0.15) is 20.3 Å². The Balaban J connectivity index is 2.88. The average Bonchev–Trinajstić information content (AvgIpc) is 2.50.